The van der Waals surface area contributed by atoms with Gasteiger partial charge in [-0.1, -0.05) is 35.6 Å². The first-order valence-electron chi connectivity index (χ1n) is 4.50. The first kappa shape index (κ1) is 9.69. The number of nitrogen functional groups attached to an aromatic ring is 1. The van der Waals surface area contributed by atoms with E-state index in [4.69, 9.17) is 11.0 Å². The fourth-order valence-corrected chi connectivity index (χ4v) is 2.13. The number of fused-ring (bicyclic) bond motifs is 1. The summed E-state index contributed by atoms with van der Waals surface area (Å²) >= 11 is 1.47. The van der Waals surface area contributed by atoms with Crippen molar-refractivity contribution in [2.24, 2.45) is 0 Å². The van der Waals surface area contributed by atoms with Gasteiger partial charge in [0.15, 0.2) is 5.13 Å². The van der Waals surface area contributed by atoms with E-state index in [9.17, 15) is 0 Å². The van der Waals surface area contributed by atoms with Gasteiger partial charge in [-0.05, 0) is 6.07 Å². The number of benzene rings is 1. The summed E-state index contributed by atoms with van der Waals surface area (Å²) in [6.07, 6.45) is 4.14. The molecule has 1 aromatic heterocycles. The second-order valence-electron chi connectivity index (χ2n) is 3.01. The molecule has 0 fully saturated rings. The molecule has 3 nitrogen and oxygen atoms in total. The number of hydrogen-bond acceptors (Lipinski definition) is 4. The van der Waals surface area contributed by atoms with Gasteiger partial charge in [0, 0.05) is 5.56 Å². The predicted molar refractivity (Wildman–Crippen MR) is 63.3 cm³/mol. The van der Waals surface area contributed by atoms with Crippen LogP contribution >= 0.6 is 11.3 Å². The maximum Gasteiger partial charge on any atom is 0.181 e. The number of nitrogens with zero attached hydrogens (tertiary/aromatic N) is 2. The highest BCUT2D eigenvalue weighted by molar-refractivity contribution is 7.22. The SMILES string of the molecule is N#CCC=Cc1cccc2sc(N)nc12. The van der Waals surface area contributed by atoms with Gasteiger partial charge in [0.25, 0.3) is 0 Å². The monoisotopic (exact) mass is 215 g/mol. The Hall–Kier alpha value is -1.86. The van der Waals surface area contributed by atoms with Crippen LogP contribution in [-0.2, 0) is 0 Å². The lowest BCUT2D eigenvalue weighted by Gasteiger charge is -1.93. The molecule has 0 atom stereocenters. The molecule has 0 bridgehead atoms. The van der Waals surface area contributed by atoms with Gasteiger partial charge in [-0.25, -0.2) is 4.98 Å². The Morgan fingerprint density at radius 3 is 3.20 bits per heavy atom. The second kappa shape index (κ2) is 4.11. The van der Waals surface area contributed by atoms with Crippen molar-refractivity contribution in [1.29, 1.82) is 5.26 Å². The van der Waals surface area contributed by atoms with E-state index in [1.54, 1.807) is 0 Å². The van der Waals surface area contributed by atoms with E-state index in [0.29, 0.717) is 11.6 Å². The van der Waals surface area contributed by atoms with Crippen LogP contribution in [0.1, 0.15) is 12.0 Å². The minimum atomic E-state index is 0.413. The van der Waals surface area contributed by atoms with Gasteiger partial charge in [-0.15, -0.1) is 0 Å². The average molecular weight is 215 g/mol. The van der Waals surface area contributed by atoms with Crippen LogP contribution in [0.5, 0.6) is 0 Å². The highest BCUT2D eigenvalue weighted by Gasteiger charge is 2.03. The minimum Gasteiger partial charge on any atom is -0.375 e. The number of hydrogen-bond donors (Lipinski definition) is 1. The molecular formula is C11H9N3S. The van der Waals surface area contributed by atoms with Crippen LogP contribution in [0.15, 0.2) is 24.3 Å². The fraction of sp³-hybridized carbons (Fsp3) is 0.0909. The number of para-hydroxylation sites is 1. The average Bonchev–Trinajstić information content (AvgIpc) is 2.59. The molecule has 0 aliphatic carbocycles. The molecule has 1 aromatic carbocycles. The molecule has 0 saturated carbocycles. The van der Waals surface area contributed by atoms with E-state index in [1.165, 1.54) is 11.3 Å². The van der Waals surface area contributed by atoms with Crippen LogP contribution in [0.2, 0.25) is 0 Å². The molecule has 0 spiro atoms. The predicted octanol–water partition coefficient (Wildman–Crippen LogP) is 2.81. The third-order valence-corrected chi connectivity index (χ3v) is 2.82. The maximum absolute atomic E-state index is 8.43. The largest absolute Gasteiger partial charge is 0.375 e. The van der Waals surface area contributed by atoms with Crippen molar-refractivity contribution in [3.8, 4) is 6.07 Å². The van der Waals surface area contributed by atoms with Gasteiger partial charge in [-0.3, -0.25) is 0 Å². The summed E-state index contributed by atoms with van der Waals surface area (Å²) in [5.41, 5.74) is 7.57. The molecule has 2 rings (SSSR count). The van der Waals surface area contributed by atoms with E-state index in [0.717, 1.165) is 15.8 Å². The lowest BCUT2D eigenvalue weighted by molar-refractivity contribution is 1.36. The third kappa shape index (κ3) is 1.97. The van der Waals surface area contributed by atoms with Crippen LogP contribution < -0.4 is 5.73 Å². The van der Waals surface area contributed by atoms with E-state index in [-0.39, 0.29) is 0 Å². The standard InChI is InChI=1S/C11H9N3S/c12-7-2-1-4-8-5-3-6-9-10(8)14-11(13)15-9/h1,3-6H,2H2,(H2,13,14). The van der Waals surface area contributed by atoms with Gasteiger partial charge < -0.3 is 5.73 Å². The number of nitriles is 1. The Bertz CT molecular complexity index is 548. The minimum absolute atomic E-state index is 0.413. The van der Waals surface area contributed by atoms with Crippen molar-refractivity contribution in [1.82, 2.24) is 4.98 Å². The number of aromatic nitrogens is 1. The van der Waals surface area contributed by atoms with Crippen molar-refractivity contribution < 1.29 is 0 Å². The molecule has 15 heavy (non-hydrogen) atoms. The van der Waals surface area contributed by atoms with E-state index >= 15 is 0 Å². The van der Waals surface area contributed by atoms with Gasteiger partial charge in [-0.2, -0.15) is 5.26 Å². The zero-order valence-electron chi connectivity index (χ0n) is 7.97. The molecule has 0 amide bonds. The Balaban J connectivity index is 2.47. The summed E-state index contributed by atoms with van der Waals surface area (Å²) in [5, 5.41) is 9.00. The van der Waals surface area contributed by atoms with Crippen molar-refractivity contribution in [3.05, 3.63) is 29.8 Å². The van der Waals surface area contributed by atoms with Crippen LogP contribution in [0.25, 0.3) is 16.3 Å². The molecule has 0 aliphatic rings. The summed E-state index contributed by atoms with van der Waals surface area (Å²) in [6, 6.07) is 7.98. The summed E-state index contributed by atoms with van der Waals surface area (Å²) in [7, 11) is 0. The van der Waals surface area contributed by atoms with Crippen molar-refractivity contribution in [2.45, 2.75) is 6.42 Å². The molecule has 0 aliphatic heterocycles. The van der Waals surface area contributed by atoms with Crippen molar-refractivity contribution in [3.63, 3.8) is 0 Å². The second-order valence-corrected chi connectivity index (χ2v) is 4.07. The van der Waals surface area contributed by atoms with Crippen LogP contribution in [0, 0.1) is 11.3 Å². The van der Waals surface area contributed by atoms with Crippen LogP contribution in [0.3, 0.4) is 0 Å². The summed E-state index contributed by atoms with van der Waals surface area (Å²) in [6.45, 7) is 0. The molecule has 2 aromatic rings. The van der Waals surface area contributed by atoms with Crippen LogP contribution in [-0.4, -0.2) is 4.98 Å². The lowest BCUT2D eigenvalue weighted by Crippen LogP contribution is -1.81. The topological polar surface area (TPSA) is 62.7 Å². The van der Waals surface area contributed by atoms with Gasteiger partial charge >= 0.3 is 0 Å². The first-order valence-corrected chi connectivity index (χ1v) is 5.31. The number of allylic oxidation sites excluding steroid dienone is 1. The lowest BCUT2D eigenvalue weighted by atomic mass is 10.2. The quantitative estimate of drug-likeness (QED) is 0.837. The maximum atomic E-state index is 8.43. The number of rotatable bonds is 2. The van der Waals surface area contributed by atoms with Gasteiger partial charge in [0.05, 0.1) is 22.7 Å². The number of anilines is 1. The highest BCUT2D eigenvalue weighted by atomic mass is 32.1. The van der Waals surface area contributed by atoms with Crippen molar-refractivity contribution in [2.75, 3.05) is 5.73 Å². The van der Waals surface area contributed by atoms with E-state index < -0.39 is 0 Å². The summed E-state index contributed by atoms with van der Waals surface area (Å²) < 4.78 is 1.08. The van der Waals surface area contributed by atoms with E-state index in [2.05, 4.69) is 11.1 Å². The number of thiazole rings is 1. The van der Waals surface area contributed by atoms with Gasteiger partial charge in [0.1, 0.15) is 0 Å². The normalized spacial score (nSPS) is 10.9. The molecular weight excluding hydrogens is 206 g/mol. The highest BCUT2D eigenvalue weighted by Crippen LogP contribution is 2.26. The fourth-order valence-electron chi connectivity index (χ4n) is 1.36. The molecule has 1 heterocycles. The third-order valence-electron chi connectivity index (χ3n) is 1.97. The first-order chi connectivity index (χ1) is 7.31. The smallest absolute Gasteiger partial charge is 0.181 e. The summed E-state index contributed by atoms with van der Waals surface area (Å²) in [5.74, 6) is 0. The molecule has 0 unspecified atom stereocenters. The Morgan fingerprint density at radius 1 is 1.53 bits per heavy atom. The Morgan fingerprint density at radius 2 is 2.40 bits per heavy atom. The van der Waals surface area contributed by atoms with Crippen molar-refractivity contribution >= 4 is 32.8 Å². The van der Waals surface area contributed by atoms with E-state index in [1.807, 2.05) is 30.4 Å². The van der Waals surface area contributed by atoms with Gasteiger partial charge in [0.2, 0.25) is 0 Å². The molecule has 74 valence electrons. The van der Waals surface area contributed by atoms with Crippen LogP contribution in [0.4, 0.5) is 5.13 Å². The molecule has 2 N–H and O–H groups in total. The summed E-state index contributed by atoms with van der Waals surface area (Å²) in [4.78, 5) is 4.25. The molecule has 4 heteroatoms. The number of nitrogens with two attached hydrogens (primary N) is 1. The zero-order valence-corrected chi connectivity index (χ0v) is 8.79. The molecule has 0 radical (unpaired) electrons. The zero-order chi connectivity index (χ0) is 10.7. The molecule has 0 saturated heterocycles. The Labute approximate surface area is 91.5 Å². The Kier molecular flexibility index (Phi) is 2.66.